The molecule has 28 heavy (non-hydrogen) atoms. The Kier molecular flexibility index (Phi) is 4.38. The molecule has 1 aromatic carbocycles. The Hall–Kier alpha value is -3.92. The Bertz CT molecular complexity index is 1100. The molecule has 2 N–H and O–H groups in total. The summed E-state index contributed by atoms with van der Waals surface area (Å²) in [6.07, 6.45) is 7.46. The Labute approximate surface area is 160 Å². The van der Waals surface area contributed by atoms with E-state index in [0.717, 1.165) is 5.69 Å². The summed E-state index contributed by atoms with van der Waals surface area (Å²) in [6, 6.07) is 13.5. The molecule has 4 rings (SSSR count). The van der Waals surface area contributed by atoms with Gasteiger partial charge in [0.1, 0.15) is 23.0 Å². The molecule has 0 saturated carbocycles. The number of aliphatic imine (C=N–C) groups is 1. The number of hydrogen-bond acceptors (Lipinski definition) is 6. The lowest BCUT2D eigenvalue weighted by Gasteiger charge is -2.25. The summed E-state index contributed by atoms with van der Waals surface area (Å²) >= 11 is 0. The fourth-order valence-electron chi connectivity index (χ4n) is 3.24. The van der Waals surface area contributed by atoms with Crippen molar-refractivity contribution in [2.75, 3.05) is 5.73 Å². The van der Waals surface area contributed by atoms with Gasteiger partial charge in [-0.3, -0.25) is 9.98 Å². The number of hydrogen-bond donors (Lipinski definition) is 1. The van der Waals surface area contributed by atoms with E-state index in [1.165, 1.54) is 12.1 Å². The molecule has 1 aliphatic rings. The van der Waals surface area contributed by atoms with Gasteiger partial charge < -0.3 is 5.73 Å². The van der Waals surface area contributed by atoms with Crippen molar-refractivity contribution in [2.45, 2.75) is 12.0 Å². The van der Waals surface area contributed by atoms with Crippen LogP contribution in [0.3, 0.4) is 0 Å². The lowest BCUT2D eigenvalue weighted by atomic mass is 9.86. The quantitative estimate of drug-likeness (QED) is 0.760. The van der Waals surface area contributed by atoms with Gasteiger partial charge in [-0.05, 0) is 48.6 Å². The highest BCUT2D eigenvalue weighted by Gasteiger charge is 2.37. The number of rotatable bonds is 4. The molecule has 0 radical (unpaired) electrons. The molecule has 0 saturated heterocycles. The number of allylic oxidation sites excluding steroid dienone is 1. The van der Waals surface area contributed by atoms with Crippen LogP contribution in [0.5, 0.6) is 0 Å². The van der Waals surface area contributed by atoms with E-state index in [4.69, 9.17) is 5.73 Å². The third-order valence-electron chi connectivity index (χ3n) is 4.51. The van der Waals surface area contributed by atoms with Crippen LogP contribution >= 0.6 is 0 Å². The molecule has 7 heteroatoms. The molecular weight excluding hydrogens is 355 g/mol. The van der Waals surface area contributed by atoms with E-state index in [1.54, 1.807) is 30.6 Å². The third kappa shape index (κ3) is 3.12. The van der Waals surface area contributed by atoms with Crippen molar-refractivity contribution >= 4 is 12.2 Å². The van der Waals surface area contributed by atoms with Crippen LogP contribution in [0, 0.1) is 17.1 Å². The fourth-order valence-corrected chi connectivity index (χ4v) is 3.24. The van der Waals surface area contributed by atoms with Crippen LogP contribution in [-0.4, -0.2) is 21.2 Å². The Morgan fingerprint density at radius 3 is 2.57 bits per heavy atom. The molecule has 0 spiro atoms. The van der Waals surface area contributed by atoms with E-state index in [0.29, 0.717) is 23.4 Å². The molecular formula is C21H15FN6. The van der Waals surface area contributed by atoms with E-state index in [9.17, 15) is 9.65 Å². The number of aromatic nitrogens is 3. The normalized spacial score (nSPS) is 17.6. The summed E-state index contributed by atoms with van der Waals surface area (Å²) in [5.41, 5.74) is 7.44. The summed E-state index contributed by atoms with van der Waals surface area (Å²) in [5, 5.41) is 9.91. The average Bonchev–Trinajstić information content (AvgIpc) is 3.18. The molecule has 0 amide bonds. The smallest absolute Gasteiger partial charge is 0.220 e. The van der Waals surface area contributed by atoms with Crippen molar-refractivity contribution in [3.05, 3.63) is 83.6 Å². The Morgan fingerprint density at radius 2 is 1.93 bits per heavy atom. The average molecular weight is 370 g/mol. The van der Waals surface area contributed by atoms with Gasteiger partial charge in [0.2, 0.25) is 5.95 Å². The first kappa shape index (κ1) is 17.5. The second-order valence-electron chi connectivity index (χ2n) is 6.33. The highest BCUT2D eigenvalue weighted by Crippen LogP contribution is 2.37. The number of benzene rings is 1. The topological polar surface area (TPSA) is 101 Å². The zero-order valence-corrected chi connectivity index (χ0v) is 14.7. The van der Waals surface area contributed by atoms with Gasteiger partial charge >= 0.3 is 0 Å². The van der Waals surface area contributed by atoms with E-state index in [2.05, 4.69) is 26.0 Å². The highest BCUT2D eigenvalue weighted by molar-refractivity contribution is 5.77. The number of nitrogen functional groups attached to an aromatic ring is 1. The molecule has 6 nitrogen and oxygen atoms in total. The zero-order valence-electron chi connectivity index (χ0n) is 14.7. The van der Waals surface area contributed by atoms with Gasteiger partial charge in [-0.2, -0.15) is 5.26 Å². The predicted molar refractivity (Wildman–Crippen MR) is 104 cm³/mol. The number of nitrogens with zero attached hydrogens (tertiary/aromatic N) is 5. The van der Waals surface area contributed by atoms with Gasteiger partial charge in [0.05, 0.1) is 11.4 Å². The third-order valence-corrected chi connectivity index (χ3v) is 4.51. The van der Waals surface area contributed by atoms with Gasteiger partial charge in [-0.25, -0.2) is 14.4 Å². The maximum Gasteiger partial charge on any atom is 0.220 e. The summed E-state index contributed by atoms with van der Waals surface area (Å²) in [5.74, 6) is -0.358. The van der Waals surface area contributed by atoms with E-state index < -0.39 is 5.54 Å². The number of nitriles is 1. The van der Waals surface area contributed by atoms with Crippen molar-refractivity contribution in [1.29, 1.82) is 5.26 Å². The first-order chi connectivity index (χ1) is 13.6. The van der Waals surface area contributed by atoms with Crippen LogP contribution in [0.4, 0.5) is 10.3 Å². The molecule has 2 aromatic heterocycles. The van der Waals surface area contributed by atoms with E-state index >= 15 is 0 Å². The molecule has 1 aliphatic heterocycles. The molecule has 0 aliphatic carbocycles. The summed E-state index contributed by atoms with van der Waals surface area (Å²) in [7, 11) is 0. The Morgan fingerprint density at radius 1 is 1.11 bits per heavy atom. The molecule has 3 heterocycles. The van der Waals surface area contributed by atoms with Crippen LogP contribution < -0.4 is 5.73 Å². The molecule has 0 bridgehead atoms. The number of anilines is 1. The van der Waals surface area contributed by atoms with Crippen LogP contribution in [0.15, 0.2) is 65.8 Å². The van der Waals surface area contributed by atoms with Crippen molar-refractivity contribution in [2.24, 2.45) is 4.99 Å². The first-order valence-corrected chi connectivity index (χ1v) is 8.58. The first-order valence-electron chi connectivity index (χ1n) is 8.58. The Balaban J connectivity index is 1.91. The van der Waals surface area contributed by atoms with Crippen LogP contribution in [-0.2, 0) is 12.0 Å². The van der Waals surface area contributed by atoms with Crippen molar-refractivity contribution in [3.63, 3.8) is 0 Å². The lowest BCUT2D eigenvalue weighted by molar-refractivity contribution is 0.544. The largest absolute Gasteiger partial charge is 0.368 e. The van der Waals surface area contributed by atoms with Gasteiger partial charge in [0.15, 0.2) is 0 Å². The summed E-state index contributed by atoms with van der Waals surface area (Å²) < 4.78 is 13.3. The monoisotopic (exact) mass is 370 g/mol. The van der Waals surface area contributed by atoms with Crippen LogP contribution in [0.1, 0.15) is 17.0 Å². The number of pyridine rings is 1. The predicted octanol–water partition coefficient (Wildman–Crippen LogP) is 3.21. The van der Waals surface area contributed by atoms with Gasteiger partial charge in [-0.1, -0.05) is 6.07 Å². The maximum absolute atomic E-state index is 13.3. The summed E-state index contributed by atoms with van der Waals surface area (Å²) in [6.45, 7) is 0. The number of halogens is 1. The van der Waals surface area contributed by atoms with Gasteiger partial charge in [0, 0.05) is 30.1 Å². The van der Waals surface area contributed by atoms with E-state index in [-0.39, 0.29) is 17.3 Å². The SMILES string of the molecule is N#Cc1c(-c2ccc(F)cc2)nc(N)nc1C1(Cc2ccccn2)C=CC=N1. The zero-order chi connectivity index (χ0) is 19.6. The standard InChI is InChI=1S/C21H15FN6/c22-15-7-5-14(6-8-15)18-17(13-23)19(28-20(24)27-18)21(9-3-11-26-21)12-16-4-1-2-10-25-16/h1-11H,12H2,(H2,24,27,28). The van der Waals surface area contributed by atoms with Crippen molar-refractivity contribution < 1.29 is 4.39 Å². The lowest BCUT2D eigenvalue weighted by Crippen LogP contribution is -2.27. The highest BCUT2D eigenvalue weighted by atomic mass is 19.1. The molecule has 1 atom stereocenters. The molecule has 1 unspecified atom stereocenters. The van der Waals surface area contributed by atoms with Crippen LogP contribution in [0.2, 0.25) is 0 Å². The molecule has 0 fully saturated rings. The molecule has 136 valence electrons. The fraction of sp³-hybridized carbons (Fsp3) is 0.0952. The molecule has 3 aromatic rings. The van der Waals surface area contributed by atoms with Crippen LogP contribution in [0.25, 0.3) is 11.3 Å². The second-order valence-corrected chi connectivity index (χ2v) is 6.33. The van der Waals surface area contributed by atoms with Gasteiger partial charge in [0.25, 0.3) is 0 Å². The minimum atomic E-state index is -0.911. The second kappa shape index (κ2) is 7.00. The minimum absolute atomic E-state index is 0.0178. The van der Waals surface area contributed by atoms with Crippen molar-refractivity contribution in [3.8, 4) is 17.3 Å². The number of nitrogens with two attached hydrogens (primary N) is 1. The minimum Gasteiger partial charge on any atom is -0.368 e. The van der Waals surface area contributed by atoms with Gasteiger partial charge in [-0.15, -0.1) is 0 Å². The summed E-state index contributed by atoms with van der Waals surface area (Å²) in [4.78, 5) is 17.6. The van der Waals surface area contributed by atoms with E-state index in [1.807, 2.05) is 24.3 Å². The van der Waals surface area contributed by atoms with Crippen molar-refractivity contribution in [1.82, 2.24) is 15.0 Å². The maximum atomic E-state index is 13.3.